The van der Waals surface area contributed by atoms with Gasteiger partial charge in [0.05, 0.1) is 22.7 Å². The molecule has 29 heavy (non-hydrogen) atoms. The van der Waals surface area contributed by atoms with Gasteiger partial charge in [0, 0.05) is 19.2 Å². The van der Waals surface area contributed by atoms with Crippen LogP contribution in [0.25, 0.3) is 0 Å². The minimum Gasteiger partial charge on any atom is -0.436 e. The molecule has 2 N–H and O–H groups in total. The Kier molecular flexibility index (Phi) is 4.13. The molecular formula is C20H23N3O5S. The van der Waals surface area contributed by atoms with Gasteiger partial charge in [-0.3, -0.25) is 4.79 Å². The summed E-state index contributed by atoms with van der Waals surface area (Å²) >= 11 is 0. The number of amides is 1. The third-order valence-electron chi connectivity index (χ3n) is 6.61. The number of aromatic nitrogens is 1. The lowest BCUT2D eigenvalue weighted by Gasteiger charge is -2.28. The van der Waals surface area contributed by atoms with Crippen LogP contribution < -0.4 is 5.32 Å². The van der Waals surface area contributed by atoms with Crippen molar-refractivity contribution in [2.24, 2.45) is 17.8 Å². The fourth-order valence-corrected chi connectivity index (χ4v) is 7.22. The molecule has 154 valence electrons. The largest absolute Gasteiger partial charge is 0.436 e. The maximum atomic E-state index is 13.3. The number of nitrogens with one attached hydrogen (secondary N) is 1. The van der Waals surface area contributed by atoms with E-state index in [1.807, 2.05) is 0 Å². The van der Waals surface area contributed by atoms with Crippen molar-refractivity contribution in [3.05, 3.63) is 41.6 Å². The molecule has 1 saturated heterocycles. The topological polar surface area (TPSA) is 113 Å². The maximum Gasteiger partial charge on any atom is 0.293 e. The lowest BCUT2D eigenvalue weighted by molar-refractivity contribution is 0.0731. The van der Waals surface area contributed by atoms with Gasteiger partial charge in [0.25, 0.3) is 5.91 Å². The molecule has 3 aliphatic rings. The van der Waals surface area contributed by atoms with Crippen molar-refractivity contribution >= 4 is 21.6 Å². The summed E-state index contributed by atoms with van der Waals surface area (Å²) in [5, 5.41) is 13.2. The van der Waals surface area contributed by atoms with Crippen LogP contribution in [-0.4, -0.2) is 47.4 Å². The fraction of sp³-hybridized carbons (Fsp3) is 0.500. The predicted molar refractivity (Wildman–Crippen MR) is 104 cm³/mol. The molecule has 0 unspecified atom stereocenters. The summed E-state index contributed by atoms with van der Waals surface area (Å²) in [7, 11) is -3.77. The van der Waals surface area contributed by atoms with Crippen molar-refractivity contribution in [1.29, 1.82) is 0 Å². The van der Waals surface area contributed by atoms with E-state index in [1.165, 1.54) is 16.4 Å². The van der Waals surface area contributed by atoms with Crippen LogP contribution in [0.5, 0.6) is 0 Å². The molecule has 1 amide bonds. The summed E-state index contributed by atoms with van der Waals surface area (Å²) in [6.07, 6.45) is 1.23. The Bertz CT molecular complexity index is 1090. The maximum absolute atomic E-state index is 13.3. The van der Waals surface area contributed by atoms with Gasteiger partial charge in [-0.25, -0.2) is 13.4 Å². The number of rotatable bonds is 4. The van der Waals surface area contributed by atoms with Gasteiger partial charge < -0.3 is 14.8 Å². The molecule has 2 aliphatic carbocycles. The van der Waals surface area contributed by atoms with Crippen LogP contribution in [0.1, 0.15) is 35.0 Å². The zero-order valence-corrected chi connectivity index (χ0v) is 17.0. The van der Waals surface area contributed by atoms with Gasteiger partial charge in [-0.2, -0.15) is 4.31 Å². The van der Waals surface area contributed by atoms with Crippen LogP contribution >= 0.6 is 0 Å². The van der Waals surface area contributed by atoms with Crippen LogP contribution in [0.4, 0.5) is 5.69 Å². The number of oxazole rings is 1. The SMILES string of the molecule is Cc1nc(C)c(C(=O)Nc2cccc(S(=O)(=O)N3C[C@@H]4C[C@H]5C[C@H]4[C@@H]3[C@@H]5O)c2)o1. The number of aliphatic hydroxyl groups is 1. The van der Waals surface area contributed by atoms with E-state index in [0.717, 1.165) is 12.8 Å². The highest BCUT2D eigenvalue weighted by molar-refractivity contribution is 7.89. The predicted octanol–water partition coefficient (Wildman–Crippen LogP) is 1.93. The van der Waals surface area contributed by atoms with Crippen molar-refractivity contribution in [2.75, 3.05) is 11.9 Å². The molecule has 3 fully saturated rings. The second-order valence-corrected chi connectivity index (χ2v) is 10.2. The molecule has 1 aromatic heterocycles. The summed E-state index contributed by atoms with van der Waals surface area (Å²) in [4.78, 5) is 16.7. The number of fused-ring (bicyclic) bond motifs is 1. The van der Waals surface area contributed by atoms with E-state index in [1.54, 1.807) is 26.0 Å². The van der Waals surface area contributed by atoms with Crippen molar-refractivity contribution in [3.63, 3.8) is 0 Å². The Hall–Kier alpha value is -2.23. The van der Waals surface area contributed by atoms with Crippen LogP contribution in [-0.2, 0) is 10.0 Å². The third-order valence-corrected chi connectivity index (χ3v) is 8.47. The first kappa shape index (κ1) is 18.8. The summed E-state index contributed by atoms with van der Waals surface area (Å²) < 4.78 is 33.5. The molecule has 2 heterocycles. The second kappa shape index (κ2) is 6.38. The number of aryl methyl sites for hydroxylation is 2. The van der Waals surface area contributed by atoms with E-state index >= 15 is 0 Å². The van der Waals surface area contributed by atoms with E-state index in [9.17, 15) is 18.3 Å². The highest BCUT2D eigenvalue weighted by Crippen LogP contribution is 2.56. The minimum atomic E-state index is -3.77. The third kappa shape index (κ3) is 2.83. The van der Waals surface area contributed by atoms with Crippen LogP contribution in [0, 0.1) is 31.6 Å². The Morgan fingerprint density at radius 1 is 1.28 bits per heavy atom. The summed E-state index contributed by atoms with van der Waals surface area (Å²) in [6, 6.07) is 5.86. The molecule has 8 nitrogen and oxygen atoms in total. The average Bonchev–Trinajstić information content (AvgIpc) is 3.36. The van der Waals surface area contributed by atoms with Crippen LogP contribution in [0.15, 0.2) is 33.6 Å². The number of benzene rings is 1. The number of aliphatic hydroxyl groups excluding tert-OH is 1. The average molecular weight is 417 g/mol. The van der Waals surface area contributed by atoms with Crippen LogP contribution in [0.2, 0.25) is 0 Å². The Labute approximate surface area is 169 Å². The van der Waals surface area contributed by atoms with E-state index in [2.05, 4.69) is 10.3 Å². The smallest absolute Gasteiger partial charge is 0.293 e. The number of hydrogen-bond donors (Lipinski definition) is 2. The van der Waals surface area contributed by atoms with Gasteiger partial charge in [-0.15, -0.1) is 0 Å². The van der Waals surface area contributed by atoms with Crippen molar-refractivity contribution in [2.45, 2.75) is 43.7 Å². The van der Waals surface area contributed by atoms with Gasteiger partial charge in [-0.1, -0.05) is 6.07 Å². The highest BCUT2D eigenvalue weighted by Gasteiger charge is 2.61. The van der Waals surface area contributed by atoms with Crippen LogP contribution in [0.3, 0.4) is 0 Å². The fourth-order valence-electron chi connectivity index (χ4n) is 5.44. The first-order valence-corrected chi connectivity index (χ1v) is 11.2. The number of hydrogen-bond acceptors (Lipinski definition) is 6. The van der Waals surface area contributed by atoms with E-state index in [0.29, 0.717) is 29.7 Å². The first-order valence-electron chi connectivity index (χ1n) is 9.81. The monoisotopic (exact) mass is 417 g/mol. The molecule has 5 atom stereocenters. The standard InChI is InChI=1S/C20H23N3O5S/c1-10-19(28-11(2)21-10)20(25)22-14-4-3-5-15(8-14)29(26,27)23-9-13-6-12-7-16(13)17(23)18(12)24/h3-5,8,12-13,16-18,24H,6-7,9H2,1-2H3,(H,22,25)/t12-,13-,16+,17+,18+/m0/s1. The lowest BCUT2D eigenvalue weighted by atomic mass is 9.88. The Balaban J connectivity index is 1.41. The molecule has 0 spiro atoms. The number of sulfonamides is 1. The van der Waals surface area contributed by atoms with Crippen molar-refractivity contribution < 1.29 is 22.7 Å². The first-order chi connectivity index (χ1) is 13.8. The Morgan fingerprint density at radius 3 is 2.76 bits per heavy atom. The van der Waals surface area contributed by atoms with Gasteiger partial charge >= 0.3 is 0 Å². The summed E-state index contributed by atoms with van der Waals surface area (Å²) in [5.74, 6) is 0.822. The lowest BCUT2D eigenvalue weighted by Crippen LogP contribution is -2.43. The Morgan fingerprint density at radius 2 is 2.07 bits per heavy atom. The zero-order chi connectivity index (χ0) is 20.5. The second-order valence-electron chi connectivity index (χ2n) is 8.34. The molecule has 2 aromatic rings. The molecule has 1 aromatic carbocycles. The van der Waals surface area contributed by atoms with E-state index in [4.69, 9.17) is 4.42 Å². The normalized spacial score (nSPS) is 30.8. The molecule has 9 heteroatoms. The molecule has 2 saturated carbocycles. The molecule has 0 radical (unpaired) electrons. The summed E-state index contributed by atoms with van der Waals surface area (Å²) in [5.41, 5.74) is 0.831. The molecule has 5 rings (SSSR count). The van der Waals surface area contributed by atoms with Crippen molar-refractivity contribution in [3.8, 4) is 0 Å². The number of carbonyl (C=O) groups excluding carboxylic acids is 1. The number of nitrogens with zero attached hydrogens (tertiary/aromatic N) is 2. The van der Waals surface area contributed by atoms with Gasteiger partial charge in [0.1, 0.15) is 0 Å². The van der Waals surface area contributed by atoms with Gasteiger partial charge in [-0.05, 0) is 55.7 Å². The van der Waals surface area contributed by atoms with Crippen molar-refractivity contribution in [1.82, 2.24) is 9.29 Å². The molecule has 1 aliphatic heterocycles. The molecule has 2 bridgehead atoms. The number of anilines is 1. The quantitative estimate of drug-likeness (QED) is 0.786. The van der Waals surface area contributed by atoms with Gasteiger partial charge in [0.15, 0.2) is 5.89 Å². The summed E-state index contributed by atoms with van der Waals surface area (Å²) in [6.45, 7) is 3.79. The van der Waals surface area contributed by atoms with E-state index in [-0.39, 0.29) is 28.5 Å². The van der Waals surface area contributed by atoms with E-state index < -0.39 is 22.0 Å². The molecular weight excluding hydrogens is 394 g/mol. The van der Waals surface area contributed by atoms with Gasteiger partial charge in [0.2, 0.25) is 15.8 Å². The number of carbonyl (C=O) groups is 1. The zero-order valence-electron chi connectivity index (χ0n) is 16.2. The highest BCUT2D eigenvalue weighted by atomic mass is 32.2. The minimum absolute atomic E-state index is 0.104.